The Balaban J connectivity index is 1.34. The van der Waals surface area contributed by atoms with Gasteiger partial charge in [-0.2, -0.15) is 5.10 Å². The molecule has 7 heteroatoms. The van der Waals surface area contributed by atoms with Gasteiger partial charge in [0.1, 0.15) is 11.3 Å². The highest BCUT2D eigenvalue weighted by Crippen LogP contribution is 2.30. The summed E-state index contributed by atoms with van der Waals surface area (Å²) in [6.45, 7) is 2.67. The lowest BCUT2D eigenvalue weighted by atomic mass is 10.1. The summed E-state index contributed by atoms with van der Waals surface area (Å²) in [6.07, 6.45) is 1.65. The van der Waals surface area contributed by atoms with Crippen LogP contribution in [0.5, 0.6) is 5.75 Å². The molecule has 184 valence electrons. The van der Waals surface area contributed by atoms with Crippen LogP contribution in [0.1, 0.15) is 10.4 Å². The standard InChI is InChI=1S/C30H27N5O2/c1-37-28-15-9-8-14-26(28)33-16-18-34(19-17-33)30(36)24-21-31-35-27(23-12-6-3-7-13-23)20-25(32-29(24)35)22-10-4-2-5-11-22/h2-15,20-21H,16-19H2,1H3. The molecule has 5 aromatic rings. The Morgan fingerprint density at radius 2 is 1.46 bits per heavy atom. The SMILES string of the molecule is COc1ccccc1N1CCN(C(=O)c2cnn3c(-c4ccccc4)cc(-c4ccccc4)nc23)CC1. The van der Waals surface area contributed by atoms with Gasteiger partial charge in [0.15, 0.2) is 5.65 Å². The number of methoxy groups -OCH3 is 1. The molecule has 3 aromatic carbocycles. The van der Waals surface area contributed by atoms with E-state index in [9.17, 15) is 4.79 Å². The number of aromatic nitrogens is 3. The van der Waals surface area contributed by atoms with Gasteiger partial charge in [0.2, 0.25) is 0 Å². The topological polar surface area (TPSA) is 63.0 Å². The fourth-order valence-corrected chi connectivity index (χ4v) is 4.90. The summed E-state index contributed by atoms with van der Waals surface area (Å²) in [7, 11) is 1.68. The van der Waals surface area contributed by atoms with Crippen molar-refractivity contribution in [3.05, 3.63) is 103 Å². The number of hydrogen-bond acceptors (Lipinski definition) is 5. The Morgan fingerprint density at radius 1 is 0.811 bits per heavy atom. The quantitative estimate of drug-likeness (QED) is 0.346. The molecule has 0 unspecified atom stereocenters. The first-order valence-corrected chi connectivity index (χ1v) is 12.4. The molecule has 0 aliphatic carbocycles. The molecule has 2 aromatic heterocycles. The number of carbonyl (C=O) groups excluding carboxylic acids is 1. The maximum Gasteiger partial charge on any atom is 0.259 e. The third-order valence-electron chi connectivity index (χ3n) is 6.83. The van der Waals surface area contributed by atoms with Crippen LogP contribution >= 0.6 is 0 Å². The molecular formula is C30H27N5O2. The van der Waals surface area contributed by atoms with Crippen molar-refractivity contribution < 1.29 is 9.53 Å². The van der Waals surface area contributed by atoms with E-state index in [-0.39, 0.29) is 5.91 Å². The second-order valence-corrected chi connectivity index (χ2v) is 9.00. The van der Waals surface area contributed by atoms with Gasteiger partial charge in [0.05, 0.1) is 30.4 Å². The van der Waals surface area contributed by atoms with E-state index in [1.54, 1.807) is 17.8 Å². The summed E-state index contributed by atoms with van der Waals surface area (Å²) >= 11 is 0. The van der Waals surface area contributed by atoms with Crippen LogP contribution in [0, 0.1) is 0 Å². The average molecular weight is 490 g/mol. The zero-order chi connectivity index (χ0) is 25.2. The number of ether oxygens (including phenoxy) is 1. The minimum atomic E-state index is -0.0496. The first kappa shape index (κ1) is 22.8. The molecule has 0 saturated carbocycles. The highest BCUT2D eigenvalue weighted by Gasteiger charge is 2.27. The molecule has 0 radical (unpaired) electrons. The Hall–Kier alpha value is -4.65. The number of hydrogen-bond donors (Lipinski definition) is 0. The van der Waals surface area contributed by atoms with Crippen molar-refractivity contribution in [3.8, 4) is 28.3 Å². The van der Waals surface area contributed by atoms with Crippen LogP contribution in [0.25, 0.3) is 28.2 Å². The minimum absolute atomic E-state index is 0.0496. The van der Waals surface area contributed by atoms with Gasteiger partial charge in [0.25, 0.3) is 5.91 Å². The van der Waals surface area contributed by atoms with Crippen LogP contribution in [0.4, 0.5) is 5.69 Å². The summed E-state index contributed by atoms with van der Waals surface area (Å²) < 4.78 is 7.31. The zero-order valence-corrected chi connectivity index (χ0v) is 20.6. The van der Waals surface area contributed by atoms with E-state index in [2.05, 4.69) is 16.1 Å². The number of fused-ring (bicyclic) bond motifs is 1. The molecule has 0 N–H and O–H groups in total. The second kappa shape index (κ2) is 9.78. The number of rotatable bonds is 5. The van der Waals surface area contributed by atoms with Crippen molar-refractivity contribution in [1.29, 1.82) is 0 Å². The lowest BCUT2D eigenvalue weighted by molar-refractivity contribution is 0.0748. The average Bonchev–Trinajstić information content (AvgIpc) is 3.41. The molecule has 0 atom stereocenters. The van der Waals surface area contributed by atoms with E-state index in [4.69, 9.17) is 9.72 Å². The predicted molar refractivity (Wildman–Crippen MR) is 145 cm³/mol. The van der Waals surface area contributed by atoms with Gasteiger partial charge in [-0.3, -0.25) is 4.79 Å². The van der Waals surface area contributed by atoms with Gasteiger partial charge in [-0.15, -0.1) is 0 Å². The van der Waals surface area contributed by atoms with Gasteiger partial charge < -0.3 is 14.5 Å². The Kier molecular flexibility index (Phi) is 6.02. The smallest absolute Gasteiger partial charge is 0.259 e. The molecule has 1 amide bonds. The van der Waals surface area contributed by atoms with E-state index in [1.807, 2.05) is 89.8 Å². The van der Waals surface area contributed by atoms with Crippen molar-refractivity contribution in [2.24, 2.45) is 0 Å². The molecule has 37 heavy (non-hydrogen) atoms. The summed E-state index contributed by atoms with van der Waals surface area (Å²) in [4.78, 5) is 22.8. The summed E-state index contributed by atoms with van der Waals surface area (Å²) in [5.41, 5.74) is 5.84. The Morgan fingerprint density at radius 3 is 2.16 bits per heavy atom. The zero-order valence-electron chi connectivity index (χ0n) is 20.6. The second-order valence-electron chi connectivity index (χ2n) is 9.00. The summed E-state index contributed by atoms with van der Waals surface area (Å²) in [5, 5.41) is 4.61. The maximum absolute atomic E-state index is 13.7. The molecular weight excluding hydrogens is 462 g/mol. The molecule has 1 aliphatic rings. The van der Waals surface area contributed by atoms with Gasteiger partial charge in [-0.05, 0) is 18.2 Å². The van der Waals surface area contributed by atoms with Gasteiger partial charge in [-0.25, -0.2) is 9.50 Å². The van der Waals surface area contributed by atoms with Crippen molar-refractivity contribution in [2.75, 3.05) is 38.2 Å². The van der Waals surface area contributed by atoms with Crippen LogP contribution in [0.2, 0.25) is 0 Å². The van der Waals surface area contributed by atoms with Gasteiger partial charge in [0, 0.05) is 37.3 Å². The van der Waals surface area contributed by atoms with Gasteiger partial charge in [-0.1, -0.05) is 72.8 Å². The van der Waals surface area contributed by atoms with Crippen molar-refractivity contribution in [3.63, 3.8) is 0 Å². The van der Waals surface area contributed by atoms with Crippen LogP contribution in [-0.2, 0) is 0 Å². The summed E-state index contributed by atoms with van der Waals surface area (Å²) in [5.74, 6) is 0.794. The first-order chi connectivity index (χ1) is 18.2. The van der Waals surface area contributed by atoms with E-state index >= 15 is 0 Å². The number of carbonyl (C=O) groups is 1. The number of para-hydroxylation sites is 2. The maximum atomic E-state index is 13.7. The molecule has 1 fully saturated rings. The number of nitrogens with zero attached hydrogens (tertiary/aromatic N) is 5. The highest BCUT2D eigenvalue weighted by atomic mass is 16.5. The number of piperazine rings is 1. The first-order valence-electron chi connectivity index (χ1n) is 12.4. The lowest BCUT2D eigenvalue weighted by Gasteiger charge is -2.36. The van der Waals surface area contributed by atoms with Crippen LogP contribution in [-0.4, -0.2) is 58.7 Å². The Bertz CT molecular complexity index is 1540. The van der Waals surface area contributed by atoms with E-state index in [0.29, 0.717) is 24.3 Å². The highest BCUT2D eigenvalue weighted by molar-refractivity contribution is 6.00. The van der Waals surface area contributed by atoms with Gasteiger partial charge >= 0.3 is 0 Å². The molecule has 1 aliphatic heterocycles. The van der Waals surface area contributed by atoms with Crippen molar-refractivity contribution in [2.45, 2.75) is 0 Å². The monoisotopic (exact) mass is 489 g/mol. The van der Waals surface area contributed by atoms with Crippen molar-refractivity contribution in [1.82, 2.24) is 19.5 Å². The molecule has 6 rings (SSSR count). The number of amides is 1. The largest absolute Gasteiger partial charge is 0.495 e. The van der Waals surface area contributed by atoms with E-state index in [1.165, 1.54) is 0 Å². The predicted octanol–water partition coefficient (Wildman–Crippen LogP) is 5.03. The third kappa shape index (κ3) is 4.29. The van der Waals surface area contributed by atoms with Crippen LogP contribution in [0.15, 0.2) is 97.2 Å². The molecule has 3 heterocycles. The number of benzene rings is 3. The molecule has 7 nitrogen and oxygen atoms in total. The molecule has 0 spiro atoms. The van der Waals surface area contributed by atoms with Crippen LogP contribution in [0.3, 0.4) is 0 Å². The van der Waals surface area contributed by atoms with E-state index < -0.39 is 0 Å². The van der Waals surface area contributed by atoms with Crippen LogP contribution < -0.4 is 9.64 Å². The van der Waals surface area contributed by atoms with E-state index in [0.717, 1.165) is 47.0 Å². The summed E-state index contributed by atoms with van der Waals surface area (Å²) in [6, 6.07) is 30.1. The number of anilines is 1. The minimum Gasteiger partial charge on any atom is -0.495 e. The molecule has 1 saturated heterocycles. The van der Waals surface area contributed by atoms with Crippen molar-refractivity contribution >= 4 is 17.2 Å². The fourth-order valence-electron chi connectivity index (χ4n) is 4.90. The lowest BCUT2D eigenvalue weighted by Crippen LogP contribution is -2.48. The molecule has 0 bridgehead atoms. The third-order valence-corrected chi connectivity index (χ3v) is 6.83. The normalized spacial score (nSPS) is 13.6. The fraction of sp³-hybridized carbons (Fsp3) is 0.167. The Labute approximate surface area is 215 Å².